The van der Waals surface area contributed by atoms with E-state index in [1.54, 1.807) is 12.1 Å². The molecule has 0 unspecified atom stereocenters. The first-order valence-corrected chi connectivity index (χ1v) is 9.67. The molecule has 0 radical (unpaired) electrons. The number of piperazine rings is 1. The van der Waals surface area contributed by atoms with E-state index in [1.165, 1.54) is 20.3 Å². The highest BCUT2D eigenvalue weighted by Gasteiger charge is 2.30. The lowest BCUT2D eigenvalue weighted by molar-refractivity contribution is 0.384. The fraction of sp³-hybridized carbons (Fsp3) is 0.385. The minimum Gasteiger partial charge on any atom is -0.352 e. The van der Waals surface area contributed by atoms with Crippen LogP contribution in [0.1, 0.15) is 4.88 Å². The first-order valence-electron chi connectivity index (χ1n) is 7.41. The highest BCUT2D eigenvalue weighted by molar-refractivity contribution is 7.91. The van der Waals surface area contributed by atoms with E-state index in [0.29, 0.717) is 36.0 Å². The fourth-order valence-electron chi connectivity index (χ4n) is 2.64. The predicted molar refractivity (Wildman–Crippen MR) is 88.6 cm³/mol. The van der Waals surface area contributed by atoms with Crippen LogP contribution in [0.25, 0.3) is 5.65 Å². The average molecular weight is 365 g/mol. The van der Waals surface area contributed by atoms with Crippen LogP contribution in [0.15, 0.2) is 28.5 Å². The zero-order valence-corrected chi connectivity index (χ0v) is 14.5. The van der Waals surface area contributed by atoms with Gasteiger partial charge in [-0.25, -0.2) is 8.42 Å². The van der Waals surface area contributed by atoms with E-state index in [9.17, 15) is 8.42 Å². The number of aromatic nitrogens is 5. The molecule has 24 heavy (non-hydrogen) atoms. The lowest BCUT2D eigenvalue weighted by Gasteiger charge is -2.34. The minimum atomic E-state index is -3.41. The number of rotatable bonds is 3. The van der Waals surface area contributed by atoms with Gasteiger partial charge in [-0.2, -0.15) is 4.31 Å². The lowest BCUT2D eigenvalue weighted by atomic mass is 10.3. The molecule has 0 N–H and O–H groups in total. The Morgan fingerprint density at radius 3 is 2.58 bits per heavy atom. The molecule has 1 aliphatic heterocycles. The topological polar surface area (TPSA) is 96.6 Å². The second-order valence-corrected chi connectivity index (χ2v) is 8.93. The molecule has 0 saturated carbocycles. The van der Waals surface area contributed by atoms with Gasteiger partial charge in [0.25, 0.3) is 10.0 Å². The van der Waals surface area contributed by atoms with Gasteiger partial charge in [-0.1, -0.05) is 0 Å². The molecular weight excluding hydrogens is 350 g/mol. The van der Waals surface area contributed by atoms with E-state index >= 15 is 0 Å². The molecule has 0 amide bonds. The smallest absolute Gasteiger partial charge is 0.252 e. The highest BCUT2D eigenvalue weighted by Crippen LogP contribution is 2.25. The number of anilines is 1. The number of sulfonamides is 1. The maximum absolute atomic E-state index is 12.7. The van der Waals surface area contributed by atoms with Crippen molar-refractivity contribution in [2.75, 3.05) is 31.1 Å². The molecule has 0 spiro atoms. The summed E-state index contributed by atoms with van der Waals surface area (Å²) in [6, 6.07) is 7.15. The summed E-state index contributed by atoms with van der Waals surface area (Å²) in [6.07, 6.45) is 0. The molecule has 1 fully saturated rings. The van der Waals surface area contributed by atoms with Crippen molar-refractivity contribution in [3.05, 3.63) is 29.1 Å². The van der Waals surface area contributed by atoms with Gasteiger partial charge >= 0.3 is 0 Å². The van der Waals surface area contributed by atoms with E-state index in [-0.39, 0.29) is 0 Å². The Morgan fingerprint density at radius 1 is 1.08 bits per heavy atom. The van der Waals surface area contributed by atoms with Crippen LogP contribution in [-0.2, 0) is 10.0 Å². The molecule has 0 aromatic carbocycles. The summed E-state index contributed by atoms with van der Waals surface area (Å²) in [5.74, 6) is 0.735. The normalized spacial score (nSPS) is 16.8. The number of hydrogen-bond acceptors (Lipinski definition) is 8. The fourth-order valence-corrected chi connectivity index (χ4v) is 5.50. The Balaban J connectivity index is 1.50. The summed E-state index contributed by atoms with van der Waals surface area (Å²) < 4.78 is 28.6. The molecule has 4 heterocycles. The van der Waals surface area contributed by atoms with E-state index in [2.05, 4.69) is 20.6 Å². The number of aryl methyl sites for hydroxylation is 1. The molecular formula is C13H15N7O2S2. The third-order valence-corrected chi connectivity index (χ3v) is 7.29. The van der Waals surface area contributed by atoms with Gasteiger partial charge in [-0.05, 0) is 41.6 Å². The van der Waals surface area contributed by atoms with Crippen LogP contribution in [0.5, 0.6) is 0 Å². The average Bonchev–Trinajstić information content (AvgIpc) is 3.23. The number of thiophene rings is 1. The van der Waals surface area contributed by atoms with Crippen LogP contribution in [0.3, 0.4) is 0 Å². The van der Waals surface area contributed by atoms with Crippen LogP contribution in [0.2, 0.25) is 0 Å². The highest BCUT2D eigenvalue weighted by atomic mass is 32.2. The summed E-state index contributed by atoms with van der Waals surface area (Å²) in [6.45, 7) is 3.90. The van der Waals surface area contributed by atoms with Crippen molar-refractivity contribution in [1.82, 2.24) is 29.6 Å². The van der Waals surface area contributed by atoms with Crippen molar-refractivity contribution < 1.29 is 8.42 Å². The predicted octanol–water partition coefficient (Wildman–Crippen LogP) is 0.400. The number of hydrogen-bond donors (Lipinski definition) is 0. The van der Waals surface area contributed by atoms with Crippen molar-refractivity contribution in [3.63, 3.8) is 0 Å². The van der Waals surface area contributed by atoms with Gasteiger partial charge < -0.3 is 4.90 Å². The summed E-state index contributed by atoms with van der Waals surface area (Å²) in [5, 5.41) is 15.5. The number of fused-ring (bicyclic) bond motifs is 1. The molecule has 3 aromatic rings. The van der Waals surface area contributed by atoms with Crippen molar-refractivity contribution in [3.8, 4) is 0 Å². The minimum absolute atomic E-state index is 0.404. The van der Waals surface area contributed by atoms with Gasteiger partial charge in [0, 0.05) is 31.1 Å². The zero-order valence-electron chi connectivity index (χ0n) is 12.9. The van der Waals surface area contributed by atoms with Crippen molar-refractivity contribution in [2.24, 2.45) is 0 Å². The Morgan fingerprint density at radius 2 is 1.88 bits per heavy atom. The molecule has 0 bridgehead atoms. The van der Waals surface area contributed by atoms with Gasteiger partial charge in [0.2, 0.25) is 0 Å². The van der Waals surface area contributed by atoms with Crippen molar-refractivity contribution >= 4 is 32.8 Å². The molecule has 0 atom stereocenters. The quantitative estimate of drug-likeness (QED) is 0.663. The van der Waals surface area contributed by atoms with Crippen LogP contribution < -0.4 is 4.90 Å². The second kappa shape index (κ2) is 5.76. The van der Waals surface area contributed by atoms with Crippen LogP contribution in [0, 0.1) is 6.92 Å². The Hall–Kier alpha value is -2.11. The number of tetrazole rings is 1. The molecule has 1 saturated heterocycles. The summed E-state index contributed by atoms with van der Waals surface area (Å²) in [5.41, 5.74) is 0.577. The molecule has 126 valence electrons. The van der Waals surface area contributed by atoms with E-state index < -0.39 is 10.0 Å². The maximum Gasteiger partial charge on any atom is 0.252 e. The lowest BCUT2D eigenvalue weighted by Crippen LogP contribution is -2.48. The first kappa shape index (κ1) is 15.4. The van der Waals surface area contributed by atoms with Gasteiger partial charge in [0.05, 0.1) is 0 Å². The summed E-state index contributed by atoms with van der Waals surface area (Å²) in [4.78, 5) is 3.03. The van der Waals surface area contributed by atoms with Gasteiger partial charge in [0.1, 0.15) is 4.21 Å². The third-order valence-electron chi connectivity index (χ3n) is 3.93. The molecule has 1 aliphatic rings. The molecule has 11 heteroatoms. The molecule has 9 nitrogen and oxygen atoms in total. The second-order valence-electron chi connectivity index (χ2n) is 5.47. The maximum atomic E-state index is 12.7. The SMILES string of the molecule is Cc1ccc(S(=O)(=O)N2CCN(c3ccc4nnnn4n3)CC2)s1. The Kier molecular flexibility index (Phi) is 3.70. The van der Waals surface area contributed by atoms with E-state index in [4.69, 9.17) is 0 Å². The summed E-state index contributed by atoms with van der Waals surface area (Å²) in [7, 11) is -3.41. The van der Waals surface area contributed by atoms with Crippen LogP contribution in [0.4, 0.5) is 5.82 Å². The van der Waals surface area contributed by atoms with Gasteiger partial charge in [-0.3, -0.25) is 0 Å². The van der Waals surface area contributed by atoms with Crippen LogP contribution >= 0.6 is 11.3 Å². The molecule has 4 rings (SSSR count). The largest absolute Gasteiger partial charge is 0.352 e. The van der Waals surface area contributed by atoms with Crippen molar-refractivity contribution in [2.45, 2.75) is 11.1 Å². The standard InChI is InChI=1S/C13H15N7O2S2/c1-10-2-5-13(23-10)24(21,22)19-8-6-18(7-9-19)12-4-3-11-14-16-17-20(11)15-12/h2-5H,6-9H2,1H3. The van der Waals surface area contributed by atoms with E-state index in [0.717, 1.165) is 10.7 Å². The number of nitrogens with zero attached hydrogens (tertiary/aromatic N) is 7. The van der Waals surface area contributed by atoms with E-state index in [1.807, 2.05) is 24.0 Å². The van der Waals surface area contributed by atoms with Gasteiger partial charge in [-0.15, -0.1) is 26.2 Å². The Bertz CT molecular complexity index is 973. The monoisotopic (exact) mass is 365 g/mol. The van der Waals surface area contributed by atoms with Gasteiger partial charge in [0.15, 0.2) is 11.5 Å². The first-order chi connectivity index (χ1) is 11.5. The molecule has 0 aliphatic carbocycles. The third kappa shape index (κ3) is 2.64. The van der Waals surface area contributed by atoms with Crippen molar-refractivity contribution in [1.29, 1.82) is 0 Å². The van der Waals surface area contributed by atoms with Crippen LogP contribution in [-0.4, -0.2) is 64.2 Å². The summed E-state index contributed by atoms with van der Waals surface area (Å²) >= 11 is 1.31. The molecule has 3 aromatic heterocycles. The zero-order chi connectivity index (χ0) is 16.7. The Labute approximate surface area is 142 Å².